The molecule has 0 unspecified atom stereocenters. The summed E-state index contributed by atoms with van der Waals surface area (Å²) in [5.74, 6) is 1.99. The number of aryl methyl sites for hydroxylation is 4. The number of hydrogen-bond acceptors (Lipinski definition) is 11. The standard InChI is InChI=1S/C47H63N11O2.2C2H6.CH5N/c1-11-39-29-40(18-14-15-19-55-22-24-60-25-23-55)45-43(30-39)53-47(52-36(8)44-28-34(6)54-58(44)13-3)57(45)21-17-16-20-56(46-32(4)26-41(31-50-46)37(9)59)38(10)51-35(7)42(49-12-2)27-33(5)48;3*1-2/h11,16-17,26-31H,1,7-8,12-15,18-25,48H2,2-6,9-10H3,(H,52,53);2*1-2H3;2H2,1H3/b17-16+,33-27-,49-42?,51-38?;;;. The molecular weight excluding hydrogens is 825 g/mol. The Morgan fingerprint density at radius 1 is 1.00 bits per heavy atom. The number of hydrogen-bond donors (Lipinski definition) is 3. The number of fused-ring (bicyclic) bond motifs is 1. The SMILES string of the molecule is C=Cc1cc(CCCCN2CCOCC2)c2c(c1)nc(NC(=C)c1cc(C)nn1CC)n2C/C=C/CN(C(C)=NC(=C)C(/C=C(/C)N)=NCC)c1ncc(C(C)=O)cc1C.CC.CC.CN. The van der Waals surface area contributed by atoms with Gasteiger partial charge in [-0.2, -0.15) is 5.10 Å². The molecule has 1 aliphatic heterocycles. The number of carbonyl (C=O) groups is 1. The number of pyridine rings is 1. The molecule has 4 aromatic rings. The van der Waals surface area contributed by atoms with Gasteiger partial charge in [-0.25, -0.2) is 15.0 Å². The van der Waals surface area contributed by atoms with Crippen LogP contribution in [0.25, 0.3) is 22.8 Å². The van der Waals surface area contributed by atoms with Gasteiger partial charge in [-0.3, -0.25) is 19.4 Å². The summed E-state index contributed by atoms with van der Waals surface area (Å²) in [5, 5.41) is 8.22. The number of allylic oxidation sites excluding steroid dienone is 3. The second-order valence-electron chi connectivity index (χ2n) is 15.2. The zero-order valence-electron chi connectivity index (χ0n) is 42.3. The number of unbranched alkanes of at least 4 members (excludes halogenated alkanes) is 1. The first kappa shape index (κ1) is 56.2. The summed E-state index contributed by atoms with van der Waals surface area (Å²) < 4.78 is 9.74. The molecule has 1 fully saturated rings. The predicted molar refractivity (Wildman–Crippen MR) is 282 cm³/mol. The van der Waals surface area contributed by atoms with E-state index >= 15 is 0 Å². The molecule has 1 aliphatic rings. The van der Waals surface area contributed by atoms with Crippen LogP contribution in [-0.2, 0) is 24.2 Å². The molecule has 0 atom stereocenters. The number of nitrogens with zero attached hydrogens (tertiary/aromatic N) is 9. The monoisotopic (exact) mass is 905 g/mol. The summed E-state index contributed by atoms with van der Waals surface area (Å²) >= 11 is 0. The van der Waals surface area contributed by atoms with Crippen molar-refractivity contribution in [1.29, 1.82) is 0 Å². The van der Waals surface area contributed by atoms with E-state index in [-0.39, 0.29) is 5.78 Å². The Kier molecular flexibility index (Phi) is 25.1. The lowest BCUT2D eigenvalue weighted by atomic mass is 10.0. The Labute approximate surface area is 396 Å². The van der Waals surface area contributed by atoms with Crippen LogP contribution < -0.4 is 21.7 Å². The van der Waals surface area contributed by atoms with Crippen LogP contribution in [0.2, 0.25) is 0 Å². The molecule has 360 valence electrons. The quantitative estimate of drug-likeness (QED) is 0.0255. The number of aliphatic imine (C=N–C) groups is 2. The van der Waals surface area contributed by atoms with Crippen LogP contribution in [-0.4, -0.2) is 99.5 Å². The van der Waals surface area contributed by atoms with Crippen molar-refractivity contribution < 1.29 is 9.53 Å². The third kappa shape index (κ3) is 16.2. The molecule has 0 saturated carbocycles. The highest BCUT2D eigenvalue weighted by molar-refractivity contribution is 6.10. The minimum absolute atomic E-state index is 0.0441. The maximum Gasteiger partial charge on any atom is 0.208 e. The molecule has 66 heavy (non-hydrogen) atoms. The van der Waals surface area contributed by atoms with Crippen molar-refractivity contribution in [3.63, 3.8) is 0 Å². The number of ether oxygens (including phenoxy) is 1. The molecule has 14 nitrogen and oxygen atoms in total. The lowest BCUT2D eigenvalue weighted by Gasteiger charge is -2.26. The van der Waals surface area contributed by atoms with Crippen molar-refractivity contribution >= 4 is 51.9 Å². The first-order chi connectivity index (χ1) is 31.8. The third-order valence-corrected chi connectivity index (χ3v) is 10.4. The topological polar surface area (TPSA) is 170 Å². The molecule has 0 spiro atoms. The van der Waals surface area contributed by atoms with Gasteiger partial charge in [0.15, 0.2) is 5.78 Å². The van der Waals surface area contributed by atoms with E-state index in [4.69, 9.17) is 25.4 Å². The van der Waals surface area contributed by atoms with Gasteiger partial charge in [0.1, 0.15) is 11.7 Å². The van der Waals surface area contributed by atoms with Gasteiger partial charge in [0.2, 0.25) is 5.95 Å². The van der Waals surface area contributed by atoms with Gasteiger partial charge >= 0.3 is 0 Å². The highest BCUT2D eigenvalue weighted by Crippen LogP contribution is 2.29. The Bertz CT molecular complexity index is 2320. The second-order valence-corrected chi connectivity index (χ2v) is 15.2. The van der Waals surface area contributed by atoms with Gasteiger partial charge in [0.05, 0.1) is 52.7 Å². The van der Waals surface area contributed by atoms with Crippen molar-refractivity contribution in [2.45, 2.75) is 109 Å². The van der Waals surface area contributed by atoms with E-state index in [2.05, 4.69) is 81.6 Å². The Morgan fingerprint density at radius 3 is 2.30 bits per heavy atom. The molecule has 5 N–H and O–H groups in total. The van der Waals surface area contributed by atoms with Crippen LogP contribution >= 0.6 is 0 Å². The van der Waals surface area contributed by atoms with Gasteiger partial charge in [-0.05, 0) is 128 Å². The number of nitrogens with two attached hydrogens (primary N) is 2. The van der Waals surface area contributed by atoms with Crippen LogP contribution in [0.1, 0.15) is 114 Å². The summed E-state index contributed by atoms with van der Waals surface area (Å²) in [6.45, 7) is 40.9. The average molecular weight is 905 g/mol. The highest BCUT2D eigenvalue weighted by atomic mass is 16.5. The fourth-order valence-electron chi connectivity index (χ4n) is 7.36. The molecule has 1 saturated heterocycles. The number of morpholine rings is 1. The van der Waals surface area contributed by atoms with E-state index in [0.717, 1.165) is 92.2 Å². The van der Waals surface area contributed by atoms with Crippen molar-refractivity contribution in [3.8, 4) is 0 Å². The molecule has 1 aromatic carbocycles. The lowest BCUT2D eigenvalue weighted by Crippen LogP contribution is -2.36. The van der Waals surface area contributed by atoms with Crippen molar-refractivity contribution in [2.75, 3.05) is 63.2 Å². The van der Waals surface area contributed by atoms with Crippen molar-refractivity contribution in [3.05, 3.63) is 113 Å². The predicted octanol–water partition coefficient (Wildman–Crippen LogP) is 9.79. The minimum Gasteiger partial charge on any atom is -0.402 e. The number of anilines is 2. The van der Waals surface area contributed by atoms with E-state index in [1.807, 2.05) is 90.1 Å². The van der Waals surface area contributed by atoms with Crippen molar-refractivity contribution in [1.82, 2.24) is 29.2 Å². The first-order valence-corrected chi connectivity index (χ1v) is 23.5. The summed E-state index contributed by atoms with van der Waals surface area (Å²) in [6, 6.07) is 8.24. The zero-order valence-corrected chi connectivity index (χ0v) is 42.3. The molecular formula is C52H80N12O2. The van der Waals surface area contributed by atoms with Gasteiger partial charge in [0.25, 0.3) is 0 Å². The fraction of sp³-hybridized carbons (Fsp3) is 0.462. The number of Topliss-reactive ketones (excluding diaryl/α,β-unsaturated/α-hetero) is 1. The van der Waals surface area contributed by atoms with E-state index < -0.39 is 0 Å². The average Bonchev–Trinajstić information content (AvgIpc) is 3.88. The van der Waals surface area contributed by atoms with Crippen LogP contribution in [0.5, 0.6) is 0 Å². The van der Waals surface area contributed by atoms with Gasteiger partial charge in [-0.1, -0.05) is 65.7 Å². The molecule has 0 aliphatic carbocycles. The molecule has 0 amide bonds. The van der Waals surface area contributed by atoms with Crippen LogP contribution in [0.4, 0.5) is 11.8 Å². The number of amidine groups is 1. The Hall–Kier alpha value is -5.96. The van der Waals surface area contributed by atoms with Gasteiger partial charge < -0.3 is 31.0 Å². The number of imidazole rings is 1. The van der Waals surface area contributed by atoms with E-state index in [1.165, 1.54) is 12.6 Å². The summed E-state index contributed by atoms with van der Waals surface area (Å²) in [5.41, 5.74) is 20.4. The van der Waals surface area contributed by atoms with Crippen LogP contribution in [0, 0.1) is 13.8 Å². The molecule has 14 heteroatoms. The maximum absolute atomic E-state index is 12.2. The van der Waals surface area contributed by atoms with E-state index in [0.29, 0.717) is 65.6 Å². The van der Waals surface area contributed by atoms with Crippen molar-refractivity contribution in [2.24, 2.45) is 21.5 Å². The molecule has 0 bridgehead atoms. The number of ketones is 1. The molecule has 4 heterocycles. The molecule has 5 rings (SSSR count). The van der Waals surface area contributed by atoms with E-state index in [9.17, 15) is 4.79 Å². The normalized spacial score (nSPS) is 13.3. The molecule has 0 radical (unpaired) electrons. The molecule has 3 aromatic heterocycles. The maximum atomic E-state index is 12.2. The van der Waals surface area contributed by atoms with Crippen LogP contribution in [0.3, 0.4) is 0 Å². The third-order valence-electron chi connectivity index (χ3n) is 10.4. The van der Waals surface area contributed by atoms with Crippen LogP contribution in [0.15, 0.2) is 89.8 Å². The zero-order chi connectivity index (χ0) is 49.3. The Balaban J connectivity index is 0.00000239. The second kappa shape index (κ2) is 29.5. The summed E-state index contributed by atoms with van der Waals surface area (Å²) in [4.78, 5) is 36.1. The summed E-state index contributed by atoms with van der Waals surface area (Å²) in [7, 11) is 1.50. The smallest absolute Gasteiger partial charge is 0.208 e. The minimum atomic E-state index is -0.0441. The number of nitrogens with one attached hydrogen (secondary N) is 1. The van der Waals surface area contributed by atoms with Gasteiger partial charge in [-0.15, -0.1) is 0 Å². The fourth-order valence-corrected chi connectivity index (χ4v) is 7.36. The highest BCUT2D eigenvalue weighted by Gasteiger charge is 2.19. The largest absolute Gasteiger partial charge is 0.402 e. The first-order valence-electron chi connectivity index (χ1n) is 23.5. The number of rotatable bonds is 20. The van der Waals surface area contributed by atoms with Gasteiger partial charge in [0, 0.05) is 56.7 Å². The van der Waals surface area contributed by atoms with E-state index in [1.54, 1.807) is 19.2 Å². The number of carbonyl (C=O) groups excluding carboxylic acids is 1. The Morgan fingerprint density at radius 2 is 1.70 bits per heavy atom. The summed E-state index contributed by atoms with van der Waals surface area (Å²) in [6.07, 6.45) is 12.6. The number of benzene rings is 1. The number of aromatic nitrogens is 5. The lowest BCUT2D eigenvalue weighted by molar-refractivity contribution is 0.0372.